The number of ether oxygens (including phenoxy) is 1. The van der Waals surface area contributed by atoms with Gasteiger partial charge in [-0.2, -0.15) is 0 Å². The number of hydrogen-bond donors (Lipinski definition) is 2. The van der Waals surface area contributed by atoms with Crippen LogP contribution in [0.2, 0.25) is 5.02 Å². The fourth-order valence-electron chi connectivity index (χ4n) is 1.93. The first kappa shape index (κ1) is 16.3. The Morgan fingerprint density at radius 1 is 1.41 bits per heavy atom. The Kier molecular flexibility index (Phi) is 5.41. The molecule has 0 aliphatic heterocycles. The third-order valence-electron chi connectivity index (χ3n) is 3.02. The molecule has 1 heterocycles. The van der Waals surface area contributed by atoms with Crippen LogP contribution in [0.15, 0.2) is 27.4 Å². The maximum absolute atomic E-state index is 11.5. The highest BCUT2D eigenvalue weighted by molar-refractivity contribution is 6.32. The normalized spacial score (nSPS) is 10.7. The lowest BCUT2D eigenvalue weighted by Crippen LogP contribution is -2.30. The van der Waals surface area contributed by atoms with E-state index in [1.54, 1.807) is 13.0 Å². The van der Waals surface area contributed by atoms with E-state index in [-0.39, 0.29) is 24.9 Å². The summed E-state index contributed by atoms with van der Waals surface area (Å²) < 4.78 is 10.5. The highest BCUT2D eigenvalue weighted by Gasteiger charge is 2.10. The molecule has 0 atom stereocenters. The second kappa shape index (κ2) is 7.29. The molecule has 0 saturated carbocycles. The predicted molar refractivity (Wildman–Crippen MR) is 82.4 cm³/mol. The molecule has 1 aromatic carbocycles. The number of fused-ring (bicyclic) bond motifs is 1. The summed E-state index contributed by atoms with van der Waals surface area (Å²) >= 11 is 6.12. The van der Waals surface area contributed by atoms with Gasteiger partial charge in [-0.05, 0) is 25.0 Å². The molecular weight excluding hydrogens is 310 g/mol. The van der Waals surface area contributed by atoms with Crippen molar-refractivity contribution in [3.8, 4) is 5.75 Å². The van der Waals surface area contributed by atoms with E-state index in [2.05, 4.69) is 5.32 Å². The largest absolute Gasteiger partial charge is 0.482 e. The van der Waals surface area contributed by atoms with Gasteiger partial charge in [-0.1, -0.05) is 11.6 Å². The molecule has 0 aliphatic rings. The minimum Gasteiger partial charge on any atom is -0.482 e. The lowest BCUT2D eigenvalue weighted by molar-refractivity contribution is -0.123. The van der Waals surface area contributed by atoms with Crippen LogP contribution >= 0.6 is 11.6 Å². The molecule has 1 aromatic heterocycles. The van der Waals surface area contributed by atoms with Gasteiger partial charge in [0, 0.05) is 30.7 Å². The molecule has 2 N–H and O–H groups in total. The first-order valence-corrected chi connectivity index (χ1v) is 7.13. The van der Waals surface area contributed by atoms with Gasteiger partial charge in [0.05, 0.1) is 5.02 Å². The molecule has 0 fully saturated rings. The second-order valence-corrected chi connectivity index (χ2v) is 5.15. The summed E-state index contributed by atoms with van der Waals surface area (Å²) in [6.07, 6.45) is 0.479. The van der Waals surface area contributed by atoms with E-state index < -0.39 is 5.63 Å². The molecule has 0 radical (unpaired) electrons. The average molecular weight is 326 g/mol. The van der Waals surface area contributed by atoms with Crippen molar-refractivity contribution in [2.24, 2.45) is 0 Å². The van der Waals surface area contributed by atoms with Crippen LogP contribution < -0.4 is 15.7 Å². The number of carbonyl (C=O) groups is 1. The fraction of sp³-hybridized carbons (Fsp3) is 0.333. The van der Waals surface area contributed by atoms with Gasteiger partial charge in [-0.25, -0.2) is 4.79 Å². The molecule has 22 heavy (non-hydrogen) atoms. The van der Waals surface area contributed by atoms with E-state index in [4.69, 9.17) is 25.9 Å². The van der Waals surface area contributed by atoms with Gasteiger partial charge >= 0.3 is 5.63 Å². The van der Waals surface area contributed by atoms with Gasteiger partial charge < -0.3 is 19.6 Å². The van der Waals surface area contributed by atoms with Crippen LogP contribution in [0.4, 0.5) is 0 Å². The molecule has 6 nitrogen and oxygen atoms in total. The Morgan fingerprint density at radius 2 is 2.18 bits per heavy atom. The molecule has 2 rings (SSSR count). The fourth-order valence-corrected chi connectivity index (χ4v) is 2.15. The number of nitrogens with one attached hydrogen (secondary N) is 1. The Hall–Kier alpha value is -2.05. The van der Waals surface area contributed by atoms with Crippen molar-refractivity contribution >= 4 is 28.5 Å². The molecule has 0 spiro atoms. The summed E-state index contributed by atoms with van der Waals surface area (Å²) in [5.41, 5.74) is 0.645. The molecule has 0 unspecified atom stereocenters. The zero-order valence-electron chi connectivity index (χ0n) is 12.0. The molecule has 118 valence electrons. The van der Waals surface area contributed by atoms with E-state index >= 15 is 0 Å². The van der Waals surface area contributed by atoms with Crippen molar-refractivity contribution in [2.45, 2.75) is 13.3 Å². The van der Waals surface area contributed by atoms with Gasteiger partial charge in [0.2, 0.25) is 0 Å². The number of aliphatic hydroxyl groups is 1. The van der Waals surface area contributed by atoms with E-state index in [9.17, 15) is 9.59 Å². The Morgan fingerprint density at radius 3 is 2.91 bits per heavy atom. The minimum absolute atomic E-state index is 0.00994. The van der Waals surface area contributed by atoms with Crippen LogP contribution in [0.3, 0.4) is 0 Å². The van der Waals surface area contributed by atoms with Gasteiger partial charge in [0.25, 0.3) is 5.91 Å². The van der Waals surface area contributed by atoms with E-state index in [1.807, 2.05) is 0 Å². The van der Waals surface area contributed by atoms with Crippen LogP contribution in [0.5, 0.6) is 5.75 Å². The van der Waals surface area contributed by atoms with Crippen molar-refractivity contribution in [2.75, 3.05) is 19.8 Å². The van der Waals surface area contributed by atoms with E-state index in [0.717, 1.165) is 5.56 Å². The molecule has 1 amide bonds. The molecule has 7 heteroatoms. The van der Waals surface area contributed by atoms with Crippen molar-refractivity contribution in [3.05, 3.63) is 39.2 Å². The number of amides is 1. The van der Waals surface area contributed by atoms with Crippen molar-refractivity contribution in [1.29, 1.82) is 0 Å². The summed E-state index contributed by atoms with van der Waals surface area (Å²) in [5, 5.41) is 12.3. The quantitative estimate of drug-likeness (QED) is 0.622. The number of aliphatic hydroxyl groups excluding tert-OH is 1. The molecular formula is C15H16ClNO5. The Labute approximate surface area is 131 Å². The summed E-state index contributed by atoms with van der Waals surface area (Å²) in [7, 11) is 0. The average Bonchev–Trinajstić information content (AvgIpc) is 2.46. The number of rotatable bonds is 6. The van der Waals surface area contributed by atoms with Crippen molar-refractivity contribution in [1.82, 2.24) is 5.32 Å². The van der Waals surface area contributed by atoms with Crippen molar-refractivity contribution in [3.63, 3.8) is 0 Å². The SMILES string of the molecule is Cc1cc(=O)oc2cc(OCC(=O)NCCCO)c(Cl)cc12. The maximum Gasteiger partial charge on any atom is 0.336 e. The summed E-state index contributed by atoms with van der Waals surface area (Å²) in [4.78, 5) is 22.9. The van der Waals surface area contributed by atoms with E-state index in [0.29, 0.717) is 29.0 Å². The van der Waals surface area contributed by atoms with Crippen molar-refractivity contribution < 1.29 is 19.1 Å². The van der Waals surface area contributed by atoms with Crippen LogP contribution in [-0.4, -0.2) is 30.8 Å². The van der Waals surface area contributed by atoms with Crippen LogP contribution in [0.1, 0.15) is 12.0 Å². The van der Waals surface area contributed by atoms with Crippen LogP contribution in [-0.2, 0) is 4.79 Å². The van der Waals surface area contributed by atoms with Gasteiger partial charge in [0.1, 0.15) is 11.3 Å². The van der Waals surface area contributed by atoms with Crippen LogP contribution in [0.25, 0.3) is 11.0 Å². The monoisotopic (exact) mass is 325 g/mol. The standard InChI is InChI=1S/C15H16ClNO5/c1-9-5-15(20)22-12-7-13(11(16)6-10(9)12)21-8-14(19)17-3-2-4-18/h5-7,18H,2-4,8H2,1H3,(H,17,19). The lowest BCUT2D eigenvalue weighted by Gasteiger charge is -2.10. The Balaban J connectivity index is 2.13. The van der Waals surface area contributed by atoms with Gasteiger partial charge in [0.15, 0.2) is 6.61 Å². The number of aryl methyl sites for hydroxylation is 1. The molecule has 0 saturated heterocycles. The predicted octanol–water partition coefficient (Wildman–Crippen LogP) is 1.63. The number of halogens is 1. The Bertz CT molecular complexity index is 741. The van der Waals surface area contributed by atoms with E-state index in [1.165, 1.54) is 12.1 Å². The molecule has 0 bridgehead atoms. The summed E-state index contributed by atoms with van der Waals surface area (Å²) in [6.45, 7) is 1.95. The molecule has 2 aromatic rings. The smallest absolute Gasteiger partial charge is 0.336 e. The number of hydrogen-bond acceptors (Lipinski definition) is 5. The molecule has 0 aliphatic carbocycles. The van der Waals surface area contributed by atoms with Gasteiger partial charge in [-0.3, -0.25) is 4.79 Å². The zero-order chi connectivity index (χ0) is 16.1. The maximum atomic E-state index is 11.5. The topological polar surface area (TPSA) is 88.8 Å². The number of carbonyl (C=O) groups excluding carboxylic acids is 1. The minimum atomic E-state index is -0.458. The zero-order valence-corrected chi connectivity index (χ0v) is 12.8. The summed E-state index contributed by atoms with van der Waals surface area (Å²) in [6, 6.07) is 4.51. The summed E-state index contributed by atoms with van der Waals surface area (Å²) in [5.74, 6) is -0.0597. The first-order valence-electron chi connectivity index (χ1n) is 6.75. The van der Waals surface area contributed by atoms with Gasteiger partial charge in [-0.15, -0.1) is 0 Å². The highest BCUT2D eigenvalue weighted by atomic mass is 35.5. The lowest BCUT2D eigenvalue weighted by atomic mass is 10.1. The highest BCUT2D eigenvalue weighted by Crippen LogP contribution is 2.30. The van der Waals surface area contributed by atoms with Crippen LogP contribution in [0, 0.1) is 6.92 Å². The third kappa shape index (κ3) is 3.99. The first-order chi connectivity index (χ1) is 10.5. The number of benzene rings is 1. The second-order valence-electron chi connectivity index (χ2n) is 4.74. The third-order valence-corrected chi connectivity index (χ3v) is 3.32.